The minimum atomic E-state index is -0.585. The van der Waals surface area contributed by atoms with Gasteiger partial charge in [-0.3, -0.25) is 9.59 Å². The van der Waals surface area contributed by atoms with E-state index in [0.29, 0.717) is 11.4 Å². The third-order valence-electron chi connectivity index (χ3n) is 2.39. The van der Waals surface area contributed by atoms with Gasteiger partial charge in [0.2, 0.25) is 11.8 Å². The number of benzene rings is 1. The van der Waals surface area contributed by atoms with Crippen LogP contribution in [0.1, 0.15) is 30.1 Å². The topological polar surface area (TPSA) is 72.2 Å². The Hall–Kier alpha value is -1.20. The van der Waals surface area contributed by atoms with Gasteiger partial charge in [0.25, 0.3) is 0 Å². The van der Waals surface area contributed by atoms with E-state index in [0.717, 1.165) is 18.6 Å². The van der Waals surface area contributed by atoms with Gasteiger partial charge in [0.05, 0.1) is 16.3 Å². The lowest BCUT2D eigenvalue weighted by molar-refractivity contribution is -0.113. The number of primary amides is 1. The Bertz CT molecular complexity index is 466. The van der Waals surface area contributed by atoms with Gasteiger partial charge in [0, 0.05) is 5.69 Å². The Morgan fingerprint density at radius 3 is 2.74 bits per heavy atom. The highest BCUT2D eigenvalue weighted by Crippen LogP contribution is 2.20. The standard InChI is InChI=1S/C13H17ClN2O2S/c1-2-3-6-19-8-12(17)16-9-4-5-10(13(15)18)11(14)7-9/h4-5,7H,2-3,6,8H2,1H3,(H2,15,18)(H,16,17). The monoisotopic (exact) mass is 300 g/mol. The molecule has 1 aromatic carbocycles. The first-order valence-electron chi connectivity index (χ1n) is 6.01. The van der Waals surface area contributed by atoms with E-state index in [2.05, 4.69) is 12.2 Å². The summed E-state index contributed by atoms with van der Waals surface area (Å²) < 4.78 is 0. The second-order valence-electron chi connectivity index (χ2n) is 4.01. The van der Waals surface area contributed by atoms with Crippen molar-refractivity contribution in [3.05, 3.63) is 28.8 Å². The molecule has 0 aromatic heterocycles. The van der Waals surface area contributed by atoms with E-state index in [-0.39, 0.29) is 16.5 Å². The first-order chi connectivity index (χ1) is 9.04. The molecule has 19 heavy (non-hydrogen) atoms. The summed E-state index contributed by atoms with van der Waals surface area (Å²) in [5.41, 5.74) is 5.96. The summed E-state index contributed by atoms with van der Waals surface area (Å²) in [6.45, 7) is 2.11. The van der Waals surface area contributed by atoms with Crippen LogP contribution in [0.3, 0.4) is 0 Å². The van der Waals surface area contributed by atoms with E-state index in [9.17, 15) is 9.59 Å². The first-order valence-corrected chi connectivity index (χ1v) is 7.54. The van der Waals surface area contributed by atoms with Gasteiger partial charge < -0.3 is 11.1 Å². The molecule has 3 N–H and O–H groups in total. The smallest absolute Gasteiger partial charge is 0.250 e. The number of thioether (sulfide) groups is 1. The third-order valence-corrected chi connectivity index (χ3v) is 3.75. The summed E-state index contributed by atoms with van der Waals surface area (Å²) >= 11 is 7.49. The summed E-state index contributed by atoms with van der Waals surface area (Å²) in [4.78, 5) is 22.6. The number of nitrogens with two attached hydrogens (primary N) is 1. The summed E-state index contributed by atoms with van der Waals surface area (Å²) in [5.74, 6) is 0.725. The molecule has 104 valence electrons. The highest BCUT2D eigenvalue weighted by molar-refractivity contribution is 7.99. The number of rotatable bonds is 7. The van der Waals surface area contributed by atoms with Gasteiger partial charge in [0.1, 0.15) is 0 Å². The molecule has 0 heterocycles. The molecule has 1 aromatic rings. The van der Waals surface area contributed by atoms with Crippen molar-refractivity contribution in [1.29, 1.82) is 0 Å². The minimum absolute atomic E-state index is 0.0796. The fourth-order valence-electron chi connectivity index (χ4n) is 1.40. The molecule has 0 fully saturated rings. The molecule has 0 bridgehead atoms. The maximum absolute atomic E-state index is 11.6. The average Bonchev–Trinajstić information content (AvgIpc) is 2.34. The SMILES string of the molecule is CCCCSCC(=O)Nc1ccc(C(N)=O)c(Cl)c1. The van der Waals surface area contributed by atoms with Crippen molar-refractivity contribution in [1.82, 2.24) is 0 Å². The van der Waals surface area contributed by atoms with Crippen molar-refractivity contribution >= 4 is 40.9 Å². The second-order valence-corrected chi connectivity index (χ2v) is 5.53. The van der Waals surface area contributed by atoms with Crippen LogP contribution in [0.4, 0.5) is 5.69 Å². The van der Waals surface area contributed by atoms with E-state index >= 15 is 0 Å². The van der Waals surface area contributed by atoms with Gasteiger partial charge in [0.15, 0.2) is 0 Å². The molecule has 0 aliphatic heterocycles. The first kappa shape index (κ1) is 15.9. The van der Waals surface area contributed by atoms with Crippen molar-refractivity contribution in [3.8, 4) is 0 Å². The van der Waals surface area contributed by atoms with Crippen LogP contribution in [-0.4, -0.2) is 23.3 Å². The van der Waals surface area contributed by atoms with Crippen LogP contribution in [0.25, 0.3) is 0 Å². The van der Waals surface area contributed by atoms with E-state index in [1.165, 1.54) is 12.1 Å². The zero-order chi connectivity index (χ0) is 14.3. The summed E-state index contributed by atoms with van der Waals surface area (Å²) in [6.07, 6.45) is 2.23. The number of nitrogens with one attached hydrogen (secondary N) is 1. The predicted molar refractivity (Wildman–Crippen MR) is 80.8 cm³/mol. The lowest BCUT2D eigenvalue weighted by Gasteiger charge is -2.07. The molecule has 0 unspecified atom stereocenters. The van der Waals surface area contributed by atoms with E-state index < -0.39 is 5.91 Å². The highest BCUT2D eigenvalue weighted by atomic mass is 35.5. The van der Waals surface area contributed by atoms with Crippen LogP contribution < -0.4 is 11.1 Å². The zero-order valence-electron chi connectivity index (χ0n) is 10.7. The van der Waals surface area contributed by atoms with Crippen LogP contribution in [0.2, 0.25) is 5.02 Å². The van der Waals surface area contributed by atoms with Gasteiger partial charge in [-0.2, -0.15) is 11.8 Å². The number of carbonyl (C=O) groups is 2. The number of amides is 2. The van der Waals surface area contributed by atoms with Gasteiger partial charge in [-0.15, -0.1) is 0 Å². The van der Waals surface area contributed by atoms with Gasteiger partial charge in [-0.25, -0.2) is 0 Å². The number of halogens is 1. The molecule has 0 saturated carbocycles. The van der Waals surface area contributed by atoms with Crippen LogP contribution in [-0.2, 0) is 4.79 Å². The average molecular weight is 301 g/mol. The van der Waals surface area contributed by atoms with Crippen molar-refractivity contribution in [2.75, 3.05) is 16.8 Å². The van der Waals surface area contributed by atoms with Crippen molar-refractivity contribution in [2.24, 2.45) is 5.73 Å². The molecule has 6 heteroatoms. The Labute approximate surface area is 122 Å². The largest absolute Gasteiger partial charge is 0.366 e. The third kappa shape index (κ3) is 5.53. The molecule has 0 aliphatic carbocycles. The van der Waals surface area contributed by atoms with Gasteiger partial charge in [-0.1, -0.05) is 24.9 Å². The summed E-state index contributed by atoms with van der Waals surface area (Å²) in [6, 6.07) is 4.64. The van der Waals surface area contributed by atoms with Crippen molar-refractivity contribution in [3.63, 3.8) is 0 Å². The molecular weight excluding hydrogens is 284 g/mol. The number of anilines is 1. The van der Waals surface area contributed by atoms with Crippen LogP contribution in [0, 0.1) is 0 Å². The minimum Gasteiger partial charge on any atom is -0.366 e. The van der Waals surface area contributed by atoms with Crippen molar-refractivity contribution in [2.45, 2.75) is 19.8 Å². The fourth-order valence-corrected chi connectivity index (χ4v) is 2.57. The molecule has 0 spiro atoms. The predicted octanol–water partition coefficient (Wildman–Crippen LogP) is 2.91. The Kier molecular flexibility index (Phi) is 6.73. The van der Waals surface area contributed by atoms with E-state index in [1.54, 1.807) is 17.8 Å². The molecule has 4 nitrogen and oxygen atoms in total. The fraction of sp³-hybridized carbons (Fsp3) is 0.385. The van der Waals surface area contributed by atoms with Gasteiger partial charge >= 0.3 is 0 Å². The molecule has 0 atom stereocenters. The maximum atomic E-state index is 11.6. The summed E-state index contributed by atoms with van der Waals surface area (Å²) in [5, 5.41) is 2.97. The van der Waals surface area contributed by atoms with E-state index in [4.69, 9.17) is 17.3 Å². The Morgan fingerprint density at radius 1 is 1.42 bits per heavy atom. The number of carbonyl (C=O) groups excluding carboxylic acids is 2. The van der Waals surface area contributed by atoms with E-state index in [1.807, 2.05) is 0 Å². The molecule has 1 rings (SSSR count). The Balaban J connectivity index is 2.51. The highest BCUT2D eigenvalue weighted by Gasteiger charge is 2.08. The summed E-state index contributed by atoms with van der Waals surface area (Å²) in [7, 11) is 0. The van der Waals surface area contributed by atoms with Crippen LogP contribution in [0.15, 0.2) is 18.2 Å². The zero-order valence-corrected chi connectivity index (χ0v) is 12.3. The lowest BCUT2D eigenvalue weighted by atomic mass is 10.2. The quantitative estimate of drug-likeness (QED) is 0.761. The maximum Gasteiger partial charge on any atom is 0.250 e. The molecule has 2 amide bonds. The number of unbranched alkanes of at least 4 members (excludes halogenated alkanes) is 1. The lowest BCUT2D eigenvalue weighted by Crippen LogP contribution is -2.15. The molecule has 0 aliphatic rings. The molecule has 0 radical (unpaired) electrons. The van der Waals surface area contributed by atoms with Crippen molar-refractivity contribution < 1.29 is 9.59 Å². The van der Waals surface area contributed by atoms with Gasteiger partial charge in [-0.05, 0) is 30.4 Å². The van der Waals surface area contributed by atoms with Crippen LogP contribution >= 0.6 is 23.4 Å². The number of hydrogen-bond acceptors (Lipinski definition) is 3. The molecule has 0 saturated heterocycles. The molecular formula is C13H17ClN2O2S. The second kappa shape index (κ2) is 8.07. The number of hydrogen-bond donors (Lipinski definition) is 2. The Morgan fingerprint density at radius 2 is 2.16 bits per heavy atom. The van der Waals surface area contributed by atoms with Crippen LogP contribution in [0.5, 0.6) is 0 Å². The normalized spacial score (nSPS) is 10.2.